The van der Waals surface area contributed by atoms with Crippen LogP contribution in [-0.4, -0.2) is 23.7 Å². The molecule has 0 N–H and O–H groups in total. The molecule has 390 valence electrons. The molecule has 5 heteroatoms. The Morgan fingerprint density at radius 1 is 0.253 bits per heavy atom. The van der Waals surface area contributed by atoms with Crippen molar-refractivity contribution in [1.29, 1.82) is 0 Å². The lowest BCUT2D eigenvalue weighted by Gasteiger charge is -2.22. The minimum Gasteiger partial charge on any atom is -0.309 e. The number of hydrogen-bond donors (Lipinski definition) is 0. The summed E-state index contributed by atoms with van der Waals surface area (Å²) in [6.45, 7) is 4.39. The molecule has 0 amide bonds. The Kier molecular flexibility index (Phi) is 11.3. The molecule has 0 spiro atoms. The van der Waals surface area contributed by atoms with Crippen LogP contribution in [-0.2, 0) is 0 Å². The average Bonchev–Trinajstić information content (AvgIpc) is 2.37. The molecule has 0 saturated heterocycles. The Bertz CT molecular complexity index is 4890. The van der Waals surface area contributed by atoms with Crippen molar-refractivity contribution in [3.8, 4) is 84.3 Å². The molecule has 0 aliphatic heterocycles. The van der Waals surface area contributed by atoms with Gasteiger partial charge >= 0.3 is 0 Å². The number of aryl methyl sites for hydroxylation is 2. The normalized spacial score (nSPS) is 11.7. The molecule has 4 heterocycles. The summed E-state index contributed by atoms with van der Waals surface area (Å²) < 4.78 is 7.37. The van der Waals surface area contributed by atoms with Crippen molar-refractivity contribution >= 4 is 65.4 Å². The molecule has 0 aliphatic carbocycles. The van der Waals surface area contributed by atoms with Crippen LogP contribution in [0.1, 0.15) is 11.1 Å². The van der Waals surface area contributed by atoms with E-state index in [2.05, 4.69) is 313 Å². The molecular weight excluding hydrogens is 1010 g/mol. The number of benzene rings is 12. The summed E-state index contributed by atoms with van der Waals surface area (Å²) in [7, 11) is 0. The highest BCUT2D eigenvalue weighted by Crippen LogP contribution is 2.46. The number of fused-ring (bicyclic) bond motifs is 9. The Morgan fingerprint density at radius 3 is 1.12 bits per heavy atom. The maximum absolute atomic E-state index is 5.54. The van der Waals surface area contributed by atoms with E-state index in [0.717, 1.165) is 100 Å². The molecule has 12 aromatic carbocycles. The third-order valence-electron chi connectivity index (χ3n) is 16.8. The molecule has 83 heavy (non-hydrogen) atoms. The van der Waals surface area contributed by atoms with Crippen molar-refractivity contribution in [2.24, 2.45) is 0 Å². The molecule has 0 bridgehead atoms. The van der Waals surface area contributed by atoms with E-state index in [1.807, 2.05) is 0 Å². The van der Waals surface area contributed by atoms with Crippen LogP contribution in [0, 0.1) is 13.8 Å². The third-order valence-corrected chi connectivity index (χ3v) is 16.8. The van der Waals surface area contributed by atoms with Crippen LogP contribution >= 0.6 is 0 Å². The lowest BCUT2D eigenvalue weighted by molar-refractivity contribution is 1.16. The molecule has 16 rings (SSSR count). The summed E-state index contributed by atoms with van der Waals surface area (Å²) in [5.74, 6) is 0.636. The van der Waals surface area contributed by atoms with E-state index in [-0.39, 0.29) is 0 Å². The largest absolute Gasteiger partial charge is 0.309 e. The van der Waals surface area contributed by atoms with Crippen LogP contribution < -0.4 is 0 Å². The highest BCUT2D eigenvalue weighted by atomic mass is 15.0. The highest BCUT2D eigenvalue weighted by molar-refractivity contribution is 6.13. The minimum absolute atomic E-state index is 0.636. The number of nitrogens with zero attached hydrogens (tertiary/aromatic N) is 5. The fraction of sp³-hybridized carbons (Fsp3) is 0.0256. The maximum atomic E-state index is 5.54. The lowest BCUT2D eigenvalue weighted by atomic mass is 9.91. The van der Waals surface area contributed by atoms with Gasteiger partial charge in [-0.05, 0) is 127 Å². The SMILES string of the molecule is Cc1ccc(-c2ccc3c(c2)c2ccccc2n3-c2c(-c3cccc(-n4c5ccccc5c5ccccc54)c3)cc(-c3nc(-c4ccccc4)cc(-c4ccccc4)n3)cc2-c2cccc(-n3c4ccccc4c4ccccc43)c2)c(C)c1. The van der Waals surface area contributed by atoms with E-state index in [1.165, 1.54) is 54.6 Å². The summed E-state index contributed by atoms with van der Waals surface area (Å²) in [6, 6.07) is 104. The highest BCUT2D eigenvalue weighted by Gasteiger charge is 2.25. The number of para-hydroxylation sites is 5. The molecule has 0 radical (unpaired) electrons. The molecular formula is C78H53N5. The predicted molar refractivity (Wildman–Crippen MR) is 347 cm³/mol. The van der Waals surface area contributed by atoms with Crippen molar-refractivity contribution in [2.75, 3.05) is 0 Å². The summed E-state index contributed by atoms with van der Waals surface area (Å²) in [5, 5.41) is 7.24. The van der Waals surface area contributed by atoms with Crippen LogP contribution in [0.3, 0.4) is 0 Å². The smallest absolute Gasteiger partial charge is 0.160 e. The van der Waals surface area contributed by atoms with Gasteiger partial charge in [-0.15, -0.1) is 0 Å². The standard InChI is InChI=1S/C78H53N5/c1-50-39-41-60(51(2)43-50)56-40-42-76-68(46-56)65-33-13-18-38-75(65)83(76)77-66(54-25-19-27-58(44-54)81-71-34-14-9-29-61(71)62-30-10-15-35-72(62)81)47-57(78-79-69(52-21-5-3-6-22-52)49-70(80-78)53-23-7-4-8-24-53)48-67(77)55-26-20-28-59(45-55)82-73-36-16-11-31-63(73)64-32-12-17-37-74(64)82/h3-49H,1-2H3. The fourth-order valence-electron chi connectivity index (χ4n) is 13.1. The van der Waals surface area contributed by atoms with Gasteiger partial charge in [0.05, 0.1) is 50.2 Å². The molecule has 4 aromatic heterocycles. The van der Waals surface area contributed by atoms with E-state index < -0.39 is 0 Å². The lowest BCUT2D eigenvalue weighted by Crippen LogP contribution is -2.04. The van der Waals surface area contributed by atoms with Gasteiger partial charge in [-0.25, -0.2) is 9.97 Å². The van der Waals surface area contributed by atoms with Crippen molar-refractivity contribution in [2.45, 2.75) is 13.8 Å². The van der Waals surface area contributed by atoms with Crippen molar-refractivity contribution < 1.29 is 0 Å². The summed E-state index contributed by atoms with van der Waals surface area (Å²) >= 11 is 0. The topological polar surface area (TPSA) is 40.6 Å². The van der Waals surface area contributed by atoms with Crippen LogP contribution in [0.15, 0.2) is 285 Å². The van der Waals surface area contributed by atoms with Gasteiger partial charge in [0.1, 0.15) is 0 Å². The van der Waals surface area contributed by atoms with Gasteiger partial charge in [0, 0.05) is 71.5 Å². The number of aromatic nitrogens is 5. The molecule has 0 unspecified atom stereocenters. The molecule has 0 aliphatic rings. The van der Waals surface area contributed by atoms with Gasteiger partial charge in [0.25, 0.3) is 0 Å². The van der Waals surface area contributed by atoms with Crippen LogP contribution in [0.25, 0.3) is 150 Å². The van der Waals surface area contributed by atoms with Crippen LogP contribution in [0.5, 0.6) is 0 Å². The van der Waals surface area contributed by atoms with Gasteiger partial charge in [-0.1, -0.05) is 206 Å². The second-order valence-corrected chi connectivity index (χ2v) is 21.9. The third kappa shape index (κ3) is 8.00. The van der Waals surface area contributed by atoms with E-state index >= 15 is 0 Å². The number of hydrogen-bond acceptors (Lipinski definition) is 2. The maximum Gasteiger partial charge on any atom is 0.160 e. The molecule has 16 aromatic rings. The van der Waals surface area contributed by atoms with E-state index in [0.29, 0.717) is 5.82 Å². The van der Waals surface area contributed by atoms with E-state index in [4.69, 9.17) is 9.97 Å². The minimum atomic E-state index is 0.636. The Hall–Kier alpha value is -10.9. The van der Waals surface area contributed by atoms with Crippen LogP contribution in [0.2, 0.25) is 0 Å². The molecule has 0 saturated carbocycles. The summed E-state index contributed by atoms with van der Waals surface area (Å²) in [6.07, 6.45) is 0. The zero-order valence-electron chi connectivity index (χ0n) is 45.9. The van der Waals surface area contributed by atoms with E-state index in [1.54, 1.807) is 0 Å². The first-order valence-corrected chi connectivity index (χ1v) is 28.5. The second kappa shape index (κ2) is 19.4. The van der Waals surface area contributed by atoms with Crippen LogP contribution in [0.4, 0.5) is 0 Å². The monoisotopic (exact) mass is 1060 g/mol. The zero-order valence-corrected chi connectivity index (χ0v) is 45.9. The number of rotatable bonds is 9. The fourth-order valence-corrected chi connectivity index (χ4v) is 13.1. The summed E-state index contributed by atoms with van der Waals surface area (Å²) in [5.41, 5.74) is 23.8. The quantitative estimate of drug-likeness (QED) is 0.145. The summed E-state index contributed by atoms with van der Waals surface area (Å²) in [4.78, 5) is 11.1. The van der Waals surface area contributed by atoms with Gasteiger partial charge in [0.15, 0.2) is 5.82 Å². The zero-order chi connectivity index (χ0) is 55.1. The molecule has 5 nitrogen and oxygen atoms in total. The molecule has 0 fully saturated rings. The van der Waals surface area contributed by atoms with Gasteiger partial charge in [0.2, 0.25) is 0 Å². The Balaban J connectivity index is 1.04. The van der Waals surface area contributed by atoms with Gasteiger partial charge in [-0.2, -0.15) is 0 Å². The van der Waals surface area contributed by atoms with E-state index in [9.17, 15) is 0 Å². The first-order valence-electron chi connectivity index (χ1n) is 28.5. The average molecular weight is 1060 g/mol. The van der Waals surface area contributed by atoms with Gasteiger partial charge in [-0.3, -0.25) is 0 Å². The Labute approximate surface area is 480 Å². The predicted octanol–water partition coefficient (Wildman–Crippen LogP) is 20.4. The Morgan fingerprint density at radius 2 is 0.651 bits per heavy atom. The molecule has 0 atom stereocenters. The second-order valence-electron chi connectivity index (χ2n) is 21.9. The van der Waals surface area contributed by atoms with Crippen molar-refractivity contribution in [3.63, 3.8) is 0 Å². The van der Waals surface area contributed by atoms with Gasteiger partial charge < -0.3 is 13.7 Å². The van der Waals surface area contributed by atoms with Crippen molar-refractivity contribution in [3.05, 3.63) is 296 Å². The first-order chi connectivity index (χ1) is 41.0. The van der Waals surface area contributed by atoms with Crippen molar-refractivity contribution in [1.82, 2.24) is 23.7 Å². The first kappa shape index (κ1) is 48.1.